The molecular weight excluding hydrogens is 244 g/mol. The molecule has 0 aromatic heterocycles. The smallest absolute Gasteiger partial charge is 0.119 e. The molecule has 1 aliphatic carbocycles. The Morgan fingerprint density at radius 1 is 1.39 bits per heavy atom. The van der Waals surface area contributed by atoms with Crippen molar-refractivity contribution in [2.45, 2.75) is 43.1 Å². The van der Waals surface area contributed by atoms with Crippen molar-refractivity contribution in [3.05, 3.63) is 24.3 Å². The van der Waals surface area contributed by atoms with Crippen LogP contribution in [-0.2, 0) is 0 Å². The quantitative estimate of drug-likeness (QED) is 0.796. The third kappa shape index (κ3) is 4.21. The highest BCUT2D eigenvalue weighted by Gasteiger charge is 2.18. The number of hydrogen-bond donors (Lipinski definition) is 1. The van der Waals surface area contributed by atoms with Crippen LogP contribution in [0.2, 0.25) is 0 Å². The van der Waals surface area contributed by atoms with Crippen LogP contribution in [0.15, 0.2) is 29.2 Å². The number of benzene rings is 1. The van der Waals surface area contributed by atoms with Crippen molar-refractivity contribution in [3.63, 3.8) is 0 Å². The molecule has 1 aliphatic rings. The van der Waals surface area contributed by atoms with Crippen LogP contribution in [0.25, 0.3) is 0 Å². The van der Waals surface area contributed by atoms with Crippen molar-refractivity contribution in [1.29, 1.82) is 0 Å². The van der Waals surface area contributed by atoms with E-state index in [1.54, 1.807) is 18.9 Å². The average molecular weight is 266 g/mol. The van der Waals surface area contributed by atoms with Crippen molar-refractivity contribution in [2.24, 2.45) is 5.92 Å². The summed E-state index contributed by atoms with van der Waals surface area (Å²) < 4.78 is 5.19. The van der Waals surface area contributed by atoms with E-state index < -0.39 is 0 Å². The van der Waals surface area contributed by atoms with E-state index in [1.807, 2.05) is 18.2 Å². The van der Waals surface area contributed by atoms with E-state index in [2.05, 4.69) is 6.07 Å². The average Bonchev–Trinajstić information content (AvgIpc) is 2.89. The van der Waals surface area contributed by atoms with Gasteiger partial charge in [0.1, 0.15) is 5.75 Å². The van der Waals surface area contributed by atoms with Gasteiger partial charge in [-0.3, -0.25) is 0 Å². The number of thioether (sulfide) groups is 1. The zero-order chi connectivity index (χ0) is 12.8. The van der Waals surface area contributed by atoms with Gasteiger partial charge >= 0.3 is 0 Å². The fourth-order valence-electron chi connectivity index (χ4n) is 2.58. The molecule has 0 radical (unpaired) electrons. The maximum absolute atomic E-state index is 10.0. The molecule has 0 heterocycles. The van der Waals surface area contributed by atoms with Crippen molar-refractivity contribution in [3.8, 4) is 5.75 Å². The van der Waals surface area contributed by atoms with Crippen molar-refractivity contribution < 1.29 is 9.84 Å². The second-order valence-electron chi connectivity index (χ2n) is 5.03. The minimum Gasteiger partial charge on any atom is -0.497 e. The second-order valence-corrected chi connectivity index (χ2v) is 6.12. The molecule has 18 heavy (non-hydrogen) atoms. The van der Waals surface area contributed by atoms with E-state index in [9.17, 15) is 5.11 Å². The molecule has 1 N–H and O–H groups in total. The predicted molar refractivity (Wildman–Crippen MR) is 76.3 cm³/mol. The number of methoxy groups -OCH3 is 1. The monoisotopic (exact) mass is 266 g/mol. The summed E-state index contributed by atoms with van der Waals surface area (Å²) >= 11 is 1.71. The highest BCUT2D eigenvalue weighted by atomic mass is 32.2. The highest BCUT2D eigenvalue weighted by Crippen LogP contribution is 2.30. The summed E-state index contributed by atoms with van der Waals surface area (Å²) in [5.74, 6) is 2.42. The Bertz CT molecular complexity index is 361. The molecule has 0 saturated heterocycles. The van der Waals surface area contributed by atoms with Gasteiger partial charge in [-0.2, -0.15) is 0 Å². The minimum atomic E-state index is -0.177. The Balaban J connectivity index is 1.75. The summed E-state index contributed by atoms with van der Waals surface area (Å²) in [6, 6.07) is 8.02. The maximum Gasteiger partial charge on any atom is 0.119 e. The van der Waals surface area contributed by atoms with Crippen molar-refractivity contribution in [1.82, 2.24) is 0 Å². The Labute approximate surface area is 114 Å². The highest BCUT2D eigenvalue weighted by molar-refractivity contribution is 7.99. The molecule has 0 amide bonds. The number of ether oxygens (including phenoxy) is 1. The van der Waals surface area contributed by atoms with Gasteiger partial charge < -0.3 is 9.84 Å². The summed E-state index contributed by atoms with van der Waals surface area (Å²) in [6.45, 7) is 0. The topological polar surface area (TPSA) is 29.5 Å². The van der Waals surface area contributed by atoms with E-state index in [0.717, 1.165) is 23.8 Å². The molecule has 0 spiro atoms. The fourth-order valence-corrected chi connectivity index (χ4v) is 3.48. The minimum absolute atomic E-state index is 0.177. The van der Waals surface area contributed by atoms with E-state index in [-0.39, 0.29) is 6.10 Å². The van der Waals surface area contributed by atoms with Crippen LogP contribution in [0.5, 0.6) is 5.75 Å². The van der Waals surface area contributed by atoms with Crippen LogP contribution < -0.4 is 4.74 Å². The Kier molecular flexibility index (Phi) is 5.39. The molecule has 1 atom stereocenters. The van der Waals surface area contributed by atoms with Gasteiger partial charge in [-0.05, 0) is 30.5 Å². The van der Waals surface area contributed by atoms with E-state index in [1.165, 1.54) is 30.6 Å². The second kappa shape index (κ2) is 7.05. The van der Waals surface area contributed by atoms with Crippen LogP contribution in [0.4, 0.5) is 0 Å². The summed E-state index contributed by atoms with van der Waals surface area (Å²) in [7, 11) is 1.68. The molecule has 1 fully saturated rings. The largest absolute Gasteiger partial charge is 0.497 e. The lowest BCUT2D eigenvalue weighted by Crippen LogP contribution is -2.14. The maximum atomic E-state index is 10.0. The molecule has 1 unspecified atom stereocenters. The van der Waals surface area contributed by atoms with Gasteiger partial charge in [0.25, 0.3) is 0 Å². The van der Waals surface area contributed by atoms with Crippen LogP contribution >= 0.6 is 11.8 Å². The van der Waals surface area contributed by atoms with Gasteiger partial charge in [0.05, 0.1) is 13.2 Å². The molecule has 3 heteroatoms. The molecule has 1 saturated carbocycles. The lowest BCUT2D eigenvalue weighted by molar-refractivity contribution is 0.166. The zero-order valence-electron chi connectivity index (χ0n) is 11.0. The normalized spacial score (nSPS) is 17.9. The van der Waals surface area contributed by atoms with Crippen LogP contribution in [0, 0.1) is 5.92 Å². The van der Waals surface area contributed by atoms with E-state index >= 15 is 0 Å². The van der Waals surface area contributed by atoms with Crippen LogP contribution in [-0.4, -0.2) is 24.1 Å². The van der Waals surface area contributed by atoms with Crippen molar-refractivity contribution >= 4 is 11.8 Å². The lowest BCUT2D eigenvalue weighted by atomic mass is 10.0. The van der Waals surface area contributed by atoms with Crippen LogP contribution in [0.3, 0.4) is 0 Å². The standard InChI is InChI=1S/C15H22O2S/c1-17-14-7-4-8-15(10-14)18-11-13(16)9-12-5-2-3-6-12/h4,7-8,10,12-13,16H,2-3,5-6,9,11H2,1H3. The zero-order valence-corrected chi connectivity index (χ0v) is 11.8. The molecule has 1 aromatic rings. The number of aliphatic hydroxyl groups excluding tert-OH is 1. The Morgan fingerprint density at radius 2 is 2.17 bits per heavy atom. The van der Waals surface area contributed by atoms with Gasteiger partial charge in [-0.1, -0.05) is 31.7 Å². The molecule has 0 bridgehead atoms. The van der Waals surface area contributed by atoms with E-state index in [0.29, 0.717) is 0 Å². The molecular formula is C15H22O2S. The Hall–Kier alpha value is -0.670. The fraction of sp³-hybridized carbons (Fsp3) is 0.600. The first kappa shape index (κ1) is 13.8. The molecule has 100 valence electrons. The van der Waals surface area contributed by atoms with Gasteiger partial charge in [-0.15, -0.1) is 11.8 Å². The summed E-state index contributed by atoms with van der Waals surface area (Å²) in [6.07, 6.45) is 6.10. The van der Waals surface area contributed by atoms with Gasteiger partial charge in [0.2, 0.25) is 0 Å². The van der Waals surface area contributed by atoms with Gasteiger partial charge in [0.15, 0.2) is 0 Å². The lowest BCUT2D eigenvalue weighted by Gasteiger charge is -2.15. The third-order valence-corrected chi connectivity index (χ3v) is 4.70. The Morgan fingerprint density at radius 3 is 2.89 bits per heavy atom. The third-order valence-electron chi connectivity index (χ3n) is 3.56. The predicted octanol–water partition coefficient (Wildman–Crippen LogP) is 3.73. The number of hydrogen-bond acceptors (Lipinski definition) is 3. The van der Waals surface area contributed by atoms with Crippen molar-refractivity contribution in [2.75, 3.05) is 12.9 Å². The SMILES string of the molecule is COc1cccc(SCC(O)CC2CCCC2)c1. The van der Waals surface area contributed by atoms with Gasteiger partial charge in [-0.25, -0.2) is 0 Å². The molecule has 0 aliphatic heterocycles. The first-order chi connectivity index (χ1) is 8.78. The summed E-state index contributed by atoms with van der Waals surface area (Å²) in [4.78, 5) is 1.17. The molecule has 1 aromatic carbocycles. The molecule has 2 rings (SSSR count). The summed E-state index contributed by atoms with van der Waals surface area (Å²) in [5, 5.41) is 10.0. The first-order valence-electron chi connectivity index (χ1n) is 6.73. The number of rotatable bonds is 6. The first-order valence-corrected chi connectivity index (χ1v) is 7.71. The van der Waals surface area contributed by atoms with E-state index in [4.69, 9.17) is 4.74 Å². The molecule has 2 nitrogen and oxygen atoms in total. The van der Waals surface area contributed by atoms with Gasteiger partial charge in [0, 0.05) is 10.6 Å². The summed E-state index contributed by atoms with van der Waals surface area (Å²) in [5.41, 5.74) is 0. The van der Waals surface area contributed by atoms with Crippen LogP contribution in [0.1, 0.15) is 32.1 Å². The number of aliphatic hydroxyl groups is 1.